The number of hydrogen-bond donors (Lipinski definition) is 0. The number of urea groups is 1. The van der Waals surface area contributed by atoms with E-state index in [4.69, 9.17) is 0 Å². The van der Waals surface area contributed by atoms with Crippen molar-refractivity contribution in [1.29, 1.82) is 0 Å². The Balaban J connectivity index is 1.79. The summed E-state index contributed by atoms with van der Waals surface area (Å²) in [5, 5.41) is 0. The van der Waals surface area contributed by atoms with E-state index in [1.165, 1.54) is 12.1 Å². The largest absolute Gasteiger partial charge is 0.325 e. The Labute approximate surface area is 140 Å². The van der Waals surface area contributed by atoms with E-state index >= 15 is 0 Å². The minimum Gasteiger partial charge on any atom is -0.320 e. The van der Waals surface area contributed by atoms with Crippen LogP contribution >= 0.6 is 0 Å². The van der Waals surface area contributed by atoms with Gasteiger partial charge in [0.25, 0.3) is 0 Å². The Bertz CT molecular complexity index is 834. The Hall–Kier alpha value is -2.87. The molecule has 3 rings (SSSR count). The Morgan fingerprint density at radius 3 is 2.50 bits per heavy atom. The SMILES string of the molecule is CN1C(=O)N(c2ccc(C#Cc3cccc(F)c3)cn2)CC1(C)C. The summed E-state index contributed by atoms with van der Waals surface area (Å²) < 4.78 is 13.1. The van der Waals surface area contributed by atoms with Crippen LogP contribution in [0.25, 0.3) is 0 Å². The number of carbonyl (C=O) groups excluding carboxylic acids is 1. The predicted molar refractivity (Wildman–Crippen MR) is 91.2 cm³/mol. The van der Waals surface area contributed by atoms with Crippen molar-refractivity contribution in [3.8, 4) is 11.8 Å². The zero-order valence-electron chi connectivity index (χ0n) is 13.9. The van der Waals surface area contributed by atoms with E-state index in [1.54, 1.807) is 41.2 Å². The normalized spacial score (nSPS) is 16.1. The van der Waals surface area contributed by atoms with Gasteiger partial charge in [0.1, 0.15) is 11.6 Å². The van der Waals surface area contributed by atoms with E-state index in [2.05, 4.69) is 16.8 Å². The monoisotopic (exact) mass is 323 g/mol. The first-order valence-corrected chi connectivity index (χ1v) is 7.66. The molecule has 24 heavy (non-hydrogen) atoms. The van der Waals surface area contributed by atoms with Gasteiger partial charge < -0.3 is 4.90 Å². The molecule has 1 aromatic heterocycles. The van der Waals surface area contributed by atoms with Gasteiger partial charge in [-0.3, -0.25) is 4.90 Å². The van der Waals surface area contributed by atoms with Gasteiger partial charge in [-0.25, -0.2) is 14.2 Å². The first-order chi connectivity index (χ1) is 11.4. The standard InChI is InChI=1S/C19H18FN3O/c1-19(2)13-23(18(24)22(19)3)17-10-9-15(12-21-17)8-7-14-5-4-6-16(20)11-14/h4-6,9-12H,13H2,1-3H3. The van der Waals surface area contributed by atoms with Crippen molar-refractivity contribution in [1.82, 2.24) is 9.88 Å². The molecule has 122 valence electrons. The predicted octanol–water partition coefficient (Wildman–Crippen LogP) is 3.27. The van der Waals surface area contributed by atoms with Crippen LogP contribution in [0.2, 0.25) is 0 Å². The highest BCUT2D eigenvalue weighted by Crippen LogP contribution is 2.27. The summed E-state index contributed by atoms with van der Waals surface area (Å²) in [6.07, 6.45) is 1.63. The molecule has 0 radical (unpaired) electrons. The van der Waals surface area contributed by atoms with Crippen molar-refractivity contribution in [2.75, 3.05) is 18.5 Å². The maximum absolute atomic E-state index is 13.1. The molecular weight excluding hydrogens is 305 g/mol. The van der Waals surface area contributed by atoms with Crippen LogP contribution in [-0.2, 0) is 0 Å². The van der Waals surface area contributed by atoms with Gasteiger partial charge in [-0.15, -0.1) is 0 Å². The fourth-order valence-electron chi connectivity index (χ4n) is 2.51. The lowest BCUT2D eigenvalue weighted by Gasteiger charge is -2.24. The molecule has 0 spiro atoms. The first kappa shape index (κ1) is 16.0. The van der Waals surface area contributed by atoms with E-state index in [0.717, 1.165) is 0 Å². The molecule has 1 aliphatic rings. The molecule has 1 saturated heterocycles. The number of pyridine rings is 1. The third-order valence-corrected chi connectivity index (χ3v) is 4.17. The molecule has 1 fully saturated rings. The van der Waals surface area contributed by atoms with Crippen LogP contribution in [0.1, 0.15) is 25.0 Å². The number of benzene rings is 1. The summed E-state index contributed by atoms with van der Waals surface area (Å²) in [7, 11) is 1.79. The molecule has 0 N–H and O–H groups in total. The van der Waals surface area contributed by atoms with Crippen molar-refractivity contribution in [3.05, 3.63) is 59.5 Å². The number of halogens is 1. The summed E-state index contributed by atoms with van der Waals surface area (Å²) in [4.78, 5) is 20.0. The molecule has 0 saturated carbocycles. The number of hydrogen-bond acceptors (Lipinski definition) is 2. The molecule has 2 amide bonds. The third kappa shape index (κ3) is 3.09. The summed E-state index contributed by atoms with van der Waals surface area (Å²) in [6, 6.07) is 9.67. The van der Waals surface area contributed by atoms with E-state index < -0.39 is 0 Å². The smallest absolute Gasteiger partial charge is 0.320 e. The number of aromatic nitrogens is 1. The van der Waals surface area contributed by atoms with Crippen molar-refractivity contribution < 1.29 is 9.18 Å². The van der Waals surface area contributed by atoms with Gasteiger partial charge in [0, 0.05) is 24.4 Å². The van der Waals surface area contributed by atoms with Crippen LogP contribution in [0.3, 0.4) is 0 Å². The van der Waals surface area contributed by atoms with Crippen molar-refractivity contribution >= 4 is 11.8 Å². The molecule has 2 heterocycles. The highest BCUT2D eigenvalue weighted by atomic mass is 19.1. The second-order valence-electron chi connectivity index (χ2n) is 6.41. The molecule has 2 aromatic rings. The van der Waals surface area contributed by atoms with E-state index in [-0.39, 0.29) is 17.4 Å². The summed E-state index contributed by atoms with van der Waals surface area (Å²) in [6.45, 7) is 4.62. The lowest BCUT2D eigenvalue weighted by molar-refractivity contribution is 0.198. The van der Waals surface area contributed by atoms with Crippen molar-refractivity contribution in [2.24, 2.45) is 0 Å². The molecule has 0 bridgehead atoms. The highest BCUT2D eigenvalue weighted by Gasteiger charge is 2.41. The molecule has 0 unspecified atom stereocenters. The zero-order valence-corrected chi connectivity index (χ0v) is 13.9. The van der Waals surface area contributed by atoms with Crippen LogP contribution in [0.4, 0.5) is 15.0 Å². The van der Waals surface area contributed by atoms with Gasteiger partial charge in [0.15, 0.2) is 0 Å². The summed E-state index contributed by atoms with van der Waals surface area (Å²) >= 11 is 0. The first-order valence-electron chi connectivity index (χ1n) is 7.66. The Morgan fingerprint density at radius 2 is 1.92 bits per heavy atom. The second-order valence-corrected chi connectivity index (χ2v) is 6.41. The van der Waals surface area contributed by atoms with Gasteiger partial charge in [0.05, 0.1) is 12.1 Å². The van der Waals surface area contributed by atoms with E-state index in [0.29, 0.717) is 23.5 Å². The average molecular weight is 323 g/mol. The van der Waals surface area contributed by atoms with Gasteiger partial charge >= 0.3 is 6.03 Å². The Morgan fingerprint density at radius 1 is 1.17 bits per heavy atom. The molecular formula is C19H18FN3O. The Kier molecular flexibility index (Phi) is 3.98. The number of rotatable bonds is 1. The number of carbonyl (C=O) groups is 1. The van der Waals surface area contributed by atoms with Crippen molar-refractivity contribution in [3.63, 3.8) is 0 Å². The van der Waals surface area contributed by atoms with Gasteiger partial charge in [-0.05, 0) is 44.2 Å². The molecule has 0 atom stereocenters. The molecule has 1 aliphatic heterocycles. The molecule has 1 aromatic carbocycles. The highest BCUT2D eigenvalue weighted by molar-refractivity contribution is 5.94. The van der Waals surface area contributed by atoms with Crippen LogP contribution < -0.4 is 4.90 Å². The lowest BCUT2D eigenvalue weighted by atomic mass is 10.1. The topological polar surface area (TPSA) is 36.4 Å². The van der Waals surface area contributed by atoms with Gasteiger partial charge in [0.2, 0.25) is 0 Å². The van der Waals surface area contributed by atoms with Crippen LogP contribution in [0.15, 0.2) is 42.6 Å². The molecule has 4 nitrogen and oxygen atoms in total. The van der Waals surface area contributed by atoms with Crippen LogP contribution in [0.5, 0.6) is 0 Å². The van der Waals surface area contributed by atoms with E-state index in [9.17, 15) is 9.18 Å². The van der Waals surface area contributed by atoms with Gasteiger partial charge in [-0.2, -0.15) is 0 Å². The third-order valence-electron chi connectivity index (χ3n) is 4.17. The zero-order chi connectivity index (χ0) is 17.3. The van der Waals surface area contributed by atoms with Gasteiger partial charge in [-0.1, -0.05) is 17.9 Å². The minimum atomic E-state index is -0.311. The average Bonchev–Trinajstić information content (AvgIpc) is 2.77. The lowest BCUT2D eigenvalue weighted by Crippen LogP contribution is -2.38. The number of anilines is 1. The van der Waals surface area contributed by atoms with E-state index in [1.807, 2.05) is 19.9 Å². The fourth-order valence-corrected chi connectivity index (χ4v) is 2.51. The molecule has 0 aliphatic carbocycles. The number of likely N-dealkylation sites (N-methyl/N-ethyl adjacent to an activating group) is 1. The minimum absolute atomic E-state index is 0.0638. The maximum Gasteiger partial charge on any atom is 0.325 e. The van der Waals surface area contributed by atoms with Crippen LogP contribution in [-0.4, -0.2) is 35.0 Å². The van der Waals surface area contributed by atoms with Crippen molar-refractivity contribution in [2.45, 2.75) is 19.4 Å². The van der Waals surface area contributed by atoms with Crippen LogP contribution in [0, 0.1) is 17.7 Å². The quantitative estimate of drug-likeness (QED) is 0.755. The molecule has 5 heteroatoms. The number of nitrogens with zero attached hydrogens (tertiary/aromatic N) is 3. The fraction of sp³-hybridized carbons (Fsp3) is 0.263. The maximum atomic E-state index is 13.1. The number of amides is 2. The summed E-state index contributed by atoms with van der Waals surface area (Å²) in [5.41, 5.74) is 1.09. The second kappa shape index (κ2) is 5.97. The summed E-state index contributed by atoms with van der Waals surface area (Å²) in [5.74, 6) is 6.14.